The molecule has 2 rings (SSSR count). The molecule has 1 aromatic rings. The zero-order valence-electron chi connectivity index (χ0n) is 9.08. The van der Waals surface area contributed by atoms with Crippen LogP contribution in [0.4, 0.5) is 18.9 Å². The lowest BCUT2D eigenvalue weighted by Gasteiger charge is -2.23. The first-order valence-corrected chi connectivity index (χ1v) is 6.44. The predicted molar refractivity (Wildman–Crippen MR) is 56.7 cm³/mol. The van der Waals surface area contributed by atoms with E-state index in [9.17, 15) is 26.4 Å². The molecule has 98 valence electrons. The van der Waals surface area contributed by atoms with E-state index in [0.717, 1.165) is 6.07 Å². The maximum absolute atomic E-state index is 12.5. The van der Waals surface area contributed by atoms with E-state index in [2.05, 4.69) is 5.32 Å². The highest BCUT2D eigenvalue weighted by atomic mass is 32.2. The van der Waals surface area contributed by atoms with Crippen LogP contribution in [-0.2, 0) is 20.8 Å². The largest absolute Gasteiger partial charge is 0.416 e. The van der Waals surface area contributed by atoms with Crippen LogP contribution in [-0.4, -0.2) is 19.6 Å². The molecule has 1 aromatic carbocycles. The van der Waals surface area contributed by atoms with Crippen LogP contribution in [0.2, 0.25) is 0 Å². The quantitative estimate of drug-likeness (QED) is 0.788. The van der Waals surface area contributed by atoms with Crippen molar-refractivity contribution in [3.05, 3.63) is 23.8 Å². The third-order valence-electron chi connectivity index (χ3n) is 2.71. The molecule has 0 saturated carbocycles. The minimum Gasteiger partial charge on any atom is -0.324 e. The second kappa shape index (κ2) is 3.71. The summed E-state index contributed by atoms with van der Waals surface area (Å²) in [5.74, 6) is -0.832. The monoisotopic (exact) mass is 279 g/mol. The Morgan fingerprint density at radius 1 is 1.28 bits per heavy atom. The highest BCUT2D eigenvalue weighted by molar-refractivity contribution is 7.93. The van der Waals surface area contributed by atoms with Crippen molar-refractivity contribution >= 4 is 21.4 Å². The van der Waals surface area contributed by atoms with Gasteiger partial charge in [-0.1, -0.05) is 0 Å². The number of anilines is 1. The number of halogens is 3. The third kappa shape index (κ3) is 1.86. The number of benzene rings is 1. The van der Waals surface area contributed by atoms with Crippen molar-refractivity contribution in [3.63, 3.8) is 0 Å². The van der Waals surface area contributed by atoms with Gasteiger partial charge in [-0.3, -0.25) is 4.79 Å². The van der Waals surface area contributed by atoms with Crippen LogP contribution in [0.5, 0.6) is 0 Å². The molecule has 0 bridgehead atoms. The molecule has 1 atom stereocenters. The first-order valence-electron chi connectivity index (χ1n) is 4.90. The minimum atomic E-state index is -4.59. The van der Waals surface area contributed by atoms with Crippen LogP contribution in [0, 0.1) is 0 Å². The van der Waals surface area contributed by atoms with E-state index in [1.807, 2.05) is 0 Å². The van der Waals surface area contributed by atoms with Gasteiger partial charge in [-0.05, 0) is 25.1 Å². The average molecular weight is 279 g/mol. The van der Waals surface area contributed by atoms with Gasteiger partial charge in [0, 0.05) is 0 Å². The number of sulfone groups is 1. The van der Waals surface area contributed by atoms with E-state index >= 15 is 0 Å². The molecule has 4 nitrogen and oxygen atoms in total. The Labute approximate surface area is 101 Å². The highest BCUT2D eigenvalue weighted by Crippen LogP contribution is 2.36. The zero-order chi connectivity index (χ0) is 13.7. The van der Waals surface area contributed by atoms with Crippen molar-refractivity contribution in [1.29, 1.82) is 0 Å². The summed E-state index contributed by atoms with van der Waals surface area (Å²) in [6.07, 6.45) is -4.59. The molecule has 1 unspecified atom stereocenters. The molecule has 0 saturated heterocycles. The van der Waals surface area contributed by atoms with Gasteiger partial charge in [-0.15, -0.1) is 0 Å². The van der Waals surface area contributed by atoms with Crippen LogP contribution < -0.4 is 5.32 Å². The van der Waals surface area contributed by atoms with E-state index in [-0.39, 0.29) is 10.6 Å². The third-order valence-corrected chi connectivity index (χ3v) is 4.82. The van der Waals surface area contributed by atoms with Crippen LogP contribution in [0.1, 0.15) is 12.5 Å². The fourth-order valence-electron chi connectivity index (χ4n) is 1.62. The smallest absolute Gasteiger partial charge is 0.324 e. The van der Waals surface area contributed by atoms with Crippen molar-refractivity contribution < 1.29 is 26.4 Å². The summed E-state index contributed by atoms with van der Waals surface area (Å²) in [5, 5.41) is 0.856. The zero-order valence-corrected chi connectivity index (χ0v) is 9.89. The van der Waals surface area contributed by atoms with Gasteiger partial charge in [-0.2, -0.15) is 13.2 Å². The SMILES string of the molecule is CC1C(=O)Nc2cc(C(F)(F)F)ccc2S1(=O)=O. The van der Waals surface area contributed by atoms with E-state index in [1.54, 1.807) is 0 Å². The molecule has 1 aliphatic rings. The minimum absolute atomic E-state index is 0.289. The van der Waals surface area contributed by atoms with Crippen LogP contribution >= 0.6 is 0 Å². The molecular formula is C10H8F3NO3S. The number of hydrogen-bond acceptors (Lipinski definition) is 3. The average Bonchev–Trinajstić information content (AvgIpc) is 2.24. The molecule has 1 heterocycles. The van der Waals surface area contributed by atoms with Gasteiger partial charge in [-0.25, -0.2) is 8.42 Å². The predicted octanol–water partition coefficient (Wildman–Crippen LogP) is 1.82. The molecule has 0 aromatic heterocycles. The number of carbonyl (C=O) groups excluding carboxylic acids is 1. The van der Waals surface area contributed by atoms with E-state index in [0.29, 0.717) is 12.1 Å². The van der Waals surface area contributed by atoms with Crippen molar-refractivity contribution in [2.75, 3.05) is 5.32 Å². The number of alkyl halides is 3. The number of carbonyl (C=O) groups is 1. The van der Waals surface area contributed by atoms with Gasteiger partial charge in [0.25, 0.3) is 0 Å². The molecule has 0 radical (unpaired) electrons. The highest BCUT2D eigenvalue weighted by Gasteiger charge is 2.39. The van der Waals surface area contributed by atoms with Gasteiger partial charge in [0.2, 0.25) is 5.91 Å². The fourth-order valence-corrected chi connectivity index (χ4v) is 3.01. The first-order chi connectivity index (χ1) is 8.14. The standard InChI is InChI=1S/C10H8F3NO3S/c1-5-9(15)14-7-4-6(10(11,12)13)2-3-8(7)18(5,16)17/h2-5H,1H3,(H,14,15). The molecule has 1 N–H and O–H groups in total. The summed E-state index contributed by atoms with van der Waals surface area (Å²) < 4.78 is 61.1. The van der Waals surface area contributed by atoms with Gasteiger partial charge in [0.15, 0.2) is 9.84 Å². The van der Waals surface area contributed by atoms with Gasteiger partial charge in [0.05, 0.1) is 16.1 Å². The molecule has 18 heavy (non-hydrogen) atoms. The maximum Gasteiger partial charge on any atom is 0.416 e. The molecule has 0 fully saturated rings. The molecule has 0 spiro atoms. The van der Waals surface area contributed by atoms with Gasteiger partial charge < -0.3 is 5.32 Å². The van der Waals surface area contributed by atoms with E-state index in [1.165, 1.54) is 6.92 Å². The summed E-state index contributed by atoms with van der Waals surface area (Å²) in [4.78, 5) is 11.1. The molecule has 1 aliphatic heterocycles. The summed E-state index contributed by atoms with van der Waals surface area (Å²) >= 11 is 0. The molecule has 1 amide bonds. The Morgan fingerprint density at radius 3 is 2.44 bits per heavy atom. The Bertz CT molecular complexity index is 622. The normalized spacial score (nSPS) is 22.2. The Morgan fingerprint density at radius 2 is 1.89 bits per heavy atom. The van der Waals surface area contributed by atoms with Crippen LogP contribution in [0.25, 0.3) is 0 Å². The lowest BCUT2D eigenvalue weighted by atomic mass is 10.2. The number of rotatable bonds is 0. The van der Waals surface area contributed by atoms with Crippen molar-refractivity contribution in [1.82, 2.24) is 0 Å². The Balaban J connectivity index is 2.64. The number of nitrogens with one attached hydrogen (secondary N) is 1. The van der Waals surface area contributed by atoms with Gasteiger partial charge in [0.1, 0.15) is 5.25 Å². The summed E-state index contributed by atoms with van der Waals surface area (Å²) in [5.41, 5.74) is -1.33. The lowest BCUT2D eigenvalue weighted by molar-refractivity contribution is -0.137. The van der Waals surface area contributed by atoms with Crippen LogP contribution in [0.15, 0.2) is 23.1 Å². The maximum atomic E-state index is 12.5. The second-order valence-electron chi connectivity index (χ2n) is 3.89. The number of fused-ring (bicyclic) bond motifs is 1. The van der Waals surface area contributed by atoms with Crippen LogP contribution in [0.3, 0.4) is 0 Å². The Kier molecular flexibility index (Phi) is 2.65. The van der Waals surface area contributed by atoms with E-state index < -0.39 is 32.7 Å². The van der Waals surface area contributed by atoms with Crippen molar-refractivity contribution in [2.45, 2.75) is 23.2 Å². The second-order valence-corrected chi connectivity index (χ2v) is 6.12. The summed E-state index contributed by atoms with van der Waals surface area (Å²) in [7, 11) is -3.91. The first kappa shape index (κ1) is 12.9. The lowest BCUT2D eigenvalue weighted by Crippen LogP contribution is -2.37. The molecule has 0 aliphatic carbocycles. The number of amides is 1. The summed E-state index contributed by atoms with van der Waals surface area (Å²) in [6, 6.07) is 2.17. The van der Waals surface area contributed by atoms with E-state index in [4.69, 9.17) is 0 Å². The van der Waals surface area contributed by atoms with Crippen molar-refractivity contribution in [3.8, 4) is 0 Å². The van der Waals surface area contributed by atoms with Crippen molar-refractivity contribution in [2.24, 2.45) is 0 Å². The fraction of sp³-hybridized carbons (Fsp3) is 0.300. The Hall–Kier alpha value is -1.57. The number of hydrogen-bond donors (Lipinski definition) is 1. The summed E-state index contributed by atoms with van der Waals surface area (Å²) in [6.45, 7) is 1.19. The topological polar surface area (TPSA) is 63.2 Å². The molecule has 8 heteroatoms. The van der Waals surface area contributed by atoms with Gasteiger partial charge >= 0.3 is 6.18 Å². The molecular weight excluding hydrogens is 271 g/mol.